The molecule has 0 aliphatic carbocycles. The van der Waals surface area contributed by atoms with Crippen LogP contribution in [0.5, 0.6) is 5.75 Å². The van der Waals surface area contributed by atoms with E-state index in [1.165, 1.54) is 24.3 Å². The van der Waals surface area contributed by atoms with Crippen LogP contribution in [0.2, 0.25) is 0 Å². The summed E-state index contributed by atoms with van der Waals surface area (Å²) in [5, 5.41) is 9.75. The van der Waals surface area contributed by atoms with E-state index in [-0.39, 0.29) is 10.9 Å². The number of carbonyl (C=O) groups is 1. The molecule has 4 rings (SSSR count). The molecule has 1 aromatic heterocycles. The molecule has 0 radical (unpaired) electrons. The third-order valence-electron chi connectivity index (χ3n) is 5.40. The Balaban J connectivity index is 1.63. The molecule has 0 amide bonds. The molecule has 1 heterocycles. The van der Waals surface area contributed by atoms with Gasteiger partial charge in [0.1, 0.15) is 17.4 Å². The van der Waals surface area contributed by atoms with Crippen molar-refractivity contribution in [3.05, 3.63) is 83.9 Å². The first-order chi connectivity index (χ1) is 15.8. The molecule has 0 aliphatic rings. The second-order valence-electron chi connectivity index (χ2n) is 8.27. The molecule has 0 atom stereocenters. The SMILES string of the molecule is CC(C)CCOc1ccc(-c2ccc(-c3cc(C(=O)O)c4cc(F)ccc4n3)cc2F)cc1. The summed E-state index contributed by atoms with van der Waals surface area (Å²) < 4.78 is 34.3. The van der Waals surface area contributed by atoms with Gasteiger partial charge in [0.05, 0.1) is 23.4 Å². The maximum atomic E-state index is 15.0. The molecule has 1 N–H and O–H groups in total. The number of carboxylic acid groups (broad SMARTS) is 1. The number of aromatic carboxylic acids is 1. The van der Waals surface area contributed by atoms with E-state index in [2.05, 4.69) is 18.8 Å². The number of fused-ring (bicyclic) bond motifs is 1. The fraction of sp³-hybridized carbons (Fsp3) is 0.185. The normalized spacial score (nSPS) is 11.2. The minimum absolute atomic E-state index is 0.0907. The smallest absolute Gasteiger partial charge is 0.336 e. The minimum Gasteiger partial charge on any atom is -0.494 e. The van der Waals surface area contributed by atoms with Crippen molar-refractivity contribution >= 4 is 16.9 Å². The van der Waals surface area contributed by atoms with E-state index < -0.39 is 17.6 Å². The Morgan fingerprint density at radius 2 is 1.70 bits per heavy atom. The molecule has 4 aromatic rings. The Labute approximate surface area is 190 Å². The third kappa shape index (κ3) is 5.00. The maximum absolute atomic E-state index is 15.0. The Hall–Kier alpha value is -3.80. The lowest BCUT2D eigenvalue weighted by atomic mass is 10.00. The number of pyridine rings is 1. The monoisotopic (exact) mass is 447 g/mol. The summed E-state index contributed by atoms with van der Waals surface area (Å²) in [5.41, 5.74) is 2.07. The Kier molecular flexibility index (Phi) is 6.36. The van der Waals surface area contributed by atoms with Crippen LogP contribution in [0.25, 0.3) is 33.3 Å². The molecular formula is C27H23F2NO3. The lowest BCUT2D eigenvalue weighted by Gasteiger charge is -2.11. The highest BCUT2D eigenvalue weighted by molar-refractivity contribution is 6.03. The van der Waals surface area contributed by atoms with E-state index >= 15 is 4.39 Å². The number of nitrogens with zero attached hydrogens (tertiary/aromatic N) is 1. The van der Waals surface area contributed by atoms with Crippen molar-refractivity contribution in [2.45, 2.75) is 20.3 Å². The standard InChI is InChI=1S/C27H23F2NO3/c1-16(2)11-12-33-20-7-3-17(4-8-20)21-9-5-18(13-24(21)29)26-15-23(27(31)32)22-14-19(28)6-10-25(22)30-26/h3-10,13-16H,11-12H2,1-2H3,(H,31,32). The van der Waals surface area contributed by atoms with Crippen molar-refractivity contribution in [2.24, 2.45) is 5.92 Å². The summed E-state index contributed by atoms with van der Waals surface area (Å²) in [6.45, 7) is 4.90. The summed E-state index contributed by atoms with van der Waals surface area (Å²) >= 11 is 0. The highest BCUT2D eigenvalue weighted by atomic mass is 19.1. The van der Waals surface area contributed by atoms with Crippen LogP contribution in [0, 0.1) is 17.6 Å². The molecule has 0 unspecified atom stereocenters. The van der Waals surface area contributed by atoms with Crippen molar-refractivity contribution in [3.63, 3.8) is 0 Å². The van der Waals surface area contributed by atoms with Gasteiger partial charge in [0.2, 0.25) is 0 Å². The van der Waals surface area contributed by atoms with Gasteiger partial charge in [-0.3, -0.25) is 0 Å². The van der Waals surface area contributed by atoms with Crippen molar-refractivity contribution in [2.75, 3.05) is 6.61 Å². The zero-order valence-electron chi connectivity index (χ0n) is 18.3. The first kappa shape index (κ1) is 22.4. The molecule has 0 spiro atoms. The molecule has 4 nitrogen and oxygen atoms in total. The van der Waals surface area contributed by atoms with Crippen LogP contribution >= 0.6 is 0 Å². The second kappa shape index (κ2) is 9.36. The predicted octanol–water partition coefficient (Wildman–Crippen LogP) is 6.97. The average Bonchev–Trinajstić information content (AvgIpc) is 2.78. The lowest BCUT2D eigenvalue weighted by molar-refractivity contribution is 0.0699. The zero-order chi connectivity index (χ0) is 23.5. The number of rotatable bonds is 7. The van der Waals surface area contributed by atoms with Gasteiger partial charge >= 0.3 is 5.97 Å². The van der Waals surface area contributed by atoms with Crippen molar-refractivity contribution in [3.8, 4) is 28.1 Å². The van der Waals surface area contributed by atoms with Crippen LogP contribution in [0.3, 0.4) is 0 Å². The molecule has 168 valence electrons. The largest absolute Gasteiger partial charge is 0.494 e. The zero-order valence-corrected chi connectivity index (χ0v) is 18.3. The summed E-state index contributed by atoms with van der Waals surface area (Å²) in [6.07, 6.45) is 0.958. The van der Waals surface area contributed by atoms with E-state index in [4.69, 9.17) is 4.74 Å². The molecule has 0 aliphatic heterocycles. The molecule has 0 bridgehead atoms. The number of ether oxygens (including phenoxy) is 1. The highest BCUT2D eigenvalue weighted by Crippen LogP contribution is 2.31. The van der Waals surface area contributed by atoms with E-state index in [1.807, 2.05) is 12.1 Å². The molecule has 6 heteroatoms. The van der Waals surface area contributed by atoms with Gasteiger partial charge in [-0.2, -0.15) is 0 Å². The topological polar surface area (TPSA) is 59.4 Å². The number of benzene rings is 3. The van der Waals surface area contributed by atoms with Gasteiger partial charge < -0.3 is 9.84 Å². The molecule has 0 saturated heterocycles. The van der Waals surface area contributed by atoms with Crippen molar-refractivity contribution in [1.29, 1.82) is 0 Å². The first-order valence-corrected chi connectivity index (χ1v) is 10.7. The van der Waals surface area contributed by atoms with Crippen LogP contribution in [-0.2, 0) is 0 Å². The van der Waals surface area contributed by atoms with Crippen LogP contribution in [0.4, 0.5) is 8.78 Å². The Bertz CT molecular complexity index is 1320. The summed E-state index contributed by atoms with van der Waals surface area (Å²) in [6, 6.07) is 17.0. The van der Waals surface area contributed by atoms with Gasteiger partial charge in [0.15, 0.2) is 0 Å². The van der Waals surface area contributed by atoms with Crippen LogP contribution < -0.4 is 4.74 Å². The molecule has 3 aromatic carbocycles. The van der Waals surface area contributed by atoms with Gasteiger partial charge in [-0.05, 0) is 60.4 Å². The number of hydrogen-bond donors (Lipinski definition) is 1. The van der Waals surface area contributed by atoms with E-state index in [1.54, 1.807) is 24.3 Å². The Morgan fingerprint density at radius 3 is 2.36 bits per heavy atom. The van der Waals surface area contributed by atoms with Gasteiger partial charge in [-0.1, -0.05) is 38.1 Å². The van der Waals surface area contributed by atoms with Crippen LogP contribution in [0.1, 0.15) is 30.6 Å². The predicted molar refractivity (Wildman–Crippen MR) is 124 cm³/mol. The minimum atomic E-state index is -1.21. The Morgan fingerprint density at radius 1 is 0.970 bits per heavy atom. The van der Waals surface area contributed by atoms with Gasteiger partial charge in [-0.25, -0.2) is 18.6 Å². The van der Waals surface area contributed by atoms with E-state index in [0.29, 0.717) is 40.4 Å². The molecular weight excluding hydrogens is 424 g/mol. The number of hydrogen-bond acceptors (Lipinski definition) is 3. The molecule has 0 saturated carbocycles. The fourth-order valence-corrected chi connectivity index (χ4v) is 3.57. The average molecular weight is 447 g/mol. The van der Waals surface area contributed by atoms with Gasteiger partial charge in [0.25, 0.3) is 0 Å². The number of halogens is 2. The lowest BCUT2D eigenvalue weighted by Crippen LogP contribution is -2.01. The first-order valence-electron chi connectivity index (χ1n) is 10.7. The van der Waals surface area contributed by atoms with E-state index in [9.17, 15) is 14.3 Å². The second-order valence-corrected chi connectivity index (χ2v) is 8.27. The van der Waals surface area contributed by atoms with Gasteiger partial charge in [0, 0.05) is 16.5 Å². The maximum Gasteiger partial charge on any atom is 0.336 e. The van der Waals surface area contributed by atoms with E-state index in [0.717, 1.165) is 18.2 Å². The van der Waals surface area contributed by atoms with Crippen LogP contribution in [-0.4, -0.2) is 22.7 Å². The summed E-state index contributed by atoms with van der Waals surface area (Å²) in [5.74, 6) is -0.927. The molecule has 33 heavy (non-hydrogen) atoms. The number of carboxylic acids is 1. The van der Waals surface area contributed by atoms with Crippen LogP contribution in [0.15, 0.2) is 66.7 Å². The summed E-state index contributed by atoms with van der Waals surface area (Å²) in [7, 11) is 0. The van der Waals surface area contributed by atoms with Crippen molar-refractivity contribution < 1.29 is 23.4 Å². The number of aromatic nitrogens is 1. The molecule has 0 fully saturated rings. The van der Waals surface area contributed by atoms with Gasteiger partial charge in [-0.15, -0.1) is 0 Å². The third-order valence-corrected chi connectivity index (χ3v) is 5.40. The van der Waals surface area contributed by atoms with Crippen molar-refractivity contribution in [1.82, 2.24) is 4.98 Å². The quantitative estimate of drug-likeness (QED) is 0.332. The summed E-state index contributed by atoms with van der Waals surface area (Å²) in [4.78, 5) is 16.1. The fourth-order valence-electron chi connectivity index (χ4n) is 3.57. The highest BCUT2D eigenvalue weighted by Gasteiger charge is 2.15.